The number of urea groups is 1. The van der Waals surface area contributed by atoms with E-state index in [1.807, 2.05) is 54.0 Å². The number of rotatable bonds is 5. The SMILES string of the molecule is Cc1cccc(NC(=O)NCC(=O)NCc2cn3cc(Br)ccc3n2)c1. The molecule has 8 heteroatoms. The molecule has 2 aromatic heterocycles. The van der Waals surface area contributed by atoms with Gasteiger partial charge in [0.25, 0.3) is 0 Å². The minimum atomic E-state index is -0.427. The Labute approximate surface area is 158 Å². The van der Waals surface area contributed by atoms with Crippen molar-refractivity contribution in [3.63, 3.8) is 0 Å². The molecule has 0 spiro atoms. The van der Waals surface area contributed by atoms with Crippen LogP contribution in [-0.4, -0.2) is 27.9 Å². The molecule has 3 aromatic rings. The molecule has 0 radical (unpaired) electrons. The van der Waals surface area contributed by atoms with Gasteiger partial charge >= 0.3 is 6.03 Å². The molecular formula is C18H18BrN5O2. The number of anilines is 1. The van der Waals surface area contributed by atoms with E-state index in [9.17, 15) is 9.59 Å². The van der Waals surface area contributed by atoms with Crippen molar-refractivity contribution in [3.05, 3.63) is 64.5 Å². The van der Waals surface area contributed by atoms with Gasteiger partial charge in [-0.2, -0.15) is 0 Å². The van der Waals surface area contributed by atoms with Crippen LogP contribution >= 0.6 is 15.9 Å². The third-order valence-electron chi connectivity index (χ3n) is 3.62. The van der Waals surface area contributed by atoms with E-state index >= 15 is 0 Å². The van der Waals surface area contributed by atoms with E-state index in [0.29, 0.717) is 12.2 Å². The topological polar surface area (TPSA) is 87.5 Å². The van der Waals surface area contributed by atoms with Crippen LogP contribution in [0.5, 0.6) is 0 Å². The summed E-state index contributed by atoms with van der Waals surface area (Å²) in [5.74, 6) is -0.289. The number of fused-ring (bicyclic) bond motifs is 1. The Kier molecular flexibility index (Phi) is 5.52. The van der Waals surface area contributed by atoms with E-state index in [0.717, 1.165) is 21.4 Å². The lowest BCUT2D eigenvalue weighted by molar-refractivity contribution is -0.120. The first-order valence-corrected chi connectivity index (χ1v) is 8.80. The largest absolute Gasteiger partial charge is 0.349 e. The van der Waals surface area contributed by atoms with Crippen molar-refractivity contribution in [3.8, 4) is 0 Å². The minimum absolute atomic E-state index is 0.115. The summed E-state index contributed by atoms with van der Waals surface area (Å²) in [6.45, 7) is 2.12. The number of aromatic nitrogens is 2. The predicted molar refractivity (Wildman–Crippen MR) is 103 cm³/mol. The van der Waals surface area contributed by atoms with Crippen LogP contribution in [0, 0.1) is 6.92 Å². The molecule has 0 aliphatic rings. The van der Waals surface area contributed by atoms with Crippen LogP contribution in [0.2, 0.25) is 0 Å². The fourth-order valence-corrected chi connectivity index (χ4v) is 2.77. The van der Waals surface area contributed by atoms with Crippen molar-refractivity contribution in [2.24, 2.45) is 0 Å². The fraction of sp³-hybridized carbons (Fsp3) is 0.167. The number of aryl methyl sites for hydroxylation is 1. The second kappa shape index (κ2) is 8.01. The van der Waals surface area contributed by atoms with Crippen LogP contribution in [0.25, 0.3) is 5.65 Å². The zero-order valence-electron chi connectivity index (χ0n) is 14.1. The summed E-state index contributed by atoms with van der Waals surface area (Å²) in [7, 11) is 0. The molecular weight excluding hydrogens is 398 g/mol. The second-order valence-electron chi connectivity index (χ2n) is 5.80. The van der Waals surface area contributed by atoms with Crippen molar-refractivity contribution < 1.29 is 9.59 Å². The smallest absolute Gasteiger partial charge is 0.319 e. The zero-order valence-corrected chi connectivity index (χ0v) is 15.7. The summed E-state index contributed by atoms with van der Waals surface area (Å²) in [5, 5.41) is 7.95. The molecule has 3 N–H and O–H groups in total. The Bertz CT molecular complexity index is 954. The molecule has 2 heterocycles. The molecule has 1 aromatic carbocycles. The molecule has 0 aliphatic heterocycles. The van der Waals surface area contributed by atoms with Crippen molar-refractivity contribution in [1.29, 1.82) is 0 Å². The van der Waals surface area contributed by atoms with E-state index in [1.54, 1.807) is 6.07 Å². The van der Waals surface area contributed by atoms with Gasteiger partial charge in [-0.05, 0) is 52.7 Å². The Morgan fingerprint density at radius 3 is 2.81 bits per heavy atom. The normalized spacial score (nSPS) is 10.5. The summed E-state index contributed by atoms with van der Waals surface area (Å²) < 4.78 is 2.82. The number of hydrogen-bond acceptors (Lipinski definition) is 3. The van der Waals surface area contributed by atoms with Crippen LogP contribution in [0.3, 0.4) is 0 Å². The number of imidazole rings is 1. The molecule has 0 aliphatic carbocycles. The Morgan fingerprint density at radius 2 is 2.00 bits per heavy atom. The number of pyridine rings is 1. The maximum absolute atomic E-state index is 11.9. The number of benzene rings is 1. The molecule has 0 bridgehead atoms. The number of nitrogens with one attached hydrogen (secondary N) is 3. The fourth-order valence-electron chi connectivity index (χ4n) is 2.41. The summed E-state index contributed by atoms with van der Waals surface area (Å²) in [5.41, 5.74) is 3.26. The minimum Gasteiger partial charge on any atom is -0.349 e. The zero-order chi connectivity index (χ0) is 18.5. The molecule has 7 nitrogen and oxygen atoms in total. The van der Waals surface area contributed by atoms with Crippen LogP contribution in [0.15, 0.2) is 53.3 Å². The van der Waals surface area contributed by atoms with Gasteiger partial charge in [-0.3, -0.25) is 4.79 Å². The lowest BCUT2D eigenvalue weighted by atomic mass is 10.2. The highest BCUT2D eigenvalue weighted by atomic mass is 79.9. The van der Waals surface area contributed by atoms with Gasteiger partial charge in [0, 0.05) is 22.6 Å². The van der Waals surface area contributed by atoms with Crippen molar-refractivity contribution >= 4 is 39.2 Å². The lowest BCUT2D eigenvalue weighted by Crippen LogP contribution is -2.38. The molecule has 134 valence electrons. The van der Waals surface area contributed by atoms with Crippen molar-refractivity contribution in [2.45, 2.75) is 13.5 Å². The molecule has 0 fully saturated rings. The monoisotopic (exact) mass is 415 g/mol. The first kappa shape index (κ1) is 17.9. The number of hydrogen-bond donors (Lipinski definition) is 3. The molecule has 3 rings (SSSR count). The third-order valence-corrected chi connectivity index (χ3v) is 4.09. The predicted octanol–water partition coefficient (Wildman–Crippen LogP) is 2.84. The molecule has 3 amide bonds. The Hall–Kier alpha value is -2.87. The molecule has 0 saturated heterocycles. The van der Waals surface area contributed by atoms with Gasteiger partial charge in [0.2, 0.25) is 5.91 Å². The molecule has 0 unspecified atom stereocenters. The highest BCUT2D eigenvalue weighted by Crippen LogP contribution is 2.12. The standard InChI is InChI=1S/C18H18BrN5O2/c1-12-3-2-4-14(7-12)23-18(26)21-9-17(25)20-8-15-11-24-10-13(19)5-6-16(24)22-15/h2-7,10-11H,8-9H2,1H3,(H,20,25)(H2,21,23,26). The van der Waals surface area contributed by atoms with E-state index in [4.69, 9.17) is 0 Å². The van der Waals surface area contributed by atoms with Gasteiger partial charge in [-0.1, -0.05) is 12.1 Å². The lowest BCUT2D eigenvalue weighted by Gasteiger charge is -2.08. The average molecular weight is 416 g/mol. The van der Waals surface area contributed by atoms with Crippen molar-refractivity contribution in [1.82, 2.24) is 20.0 Å². The van der Waals surface area contributed by atoms with Crippen LogP contribution < -0.4 is 16.0 Å². The highest BCUT2D eigenvalue weighted by Gasteiger charge is 2.07. The van der Waals surface area contributed by atoms with Crippen LogP contribution in [0.1, 0.15) is 11.3 Å². The summed E-state index contributed by atoms with van der Waals surface area (Å²) in [4.78, 5) is 28.1. The number of nitrogens with zero attached hydrogens (tertiary/aromatic N) is 2. The molecule has 0 atom stereocenters. The number of carbonyl (C=O) groups is 2. The summed E-state index contributed by atoms with van der Waals surface area (Å²) >= 11 is 3.40. The summed E-state index contributed by atoms with van der Waals surface area (Å²) in [6.07, 6.45) is 3.74. The molecule has 0 saturated carbocycles. The van der Waals surface area contributed by atoms with E-state index in [-0.39, 0.29) is 12.5 Å². The Morgan fingerprint density at radius 1 is 1.15 bits per heavy atom. The first-order chi connectivity index (χ1) is 12.5. The number of amides is 3. The third kappa shape index (κ3) is 4.82. The van der Waals surface area contributed by atoms with Crippen LogP contribution in [0.4, 0.5) is 10.5 Å². The van der Waals surface area contributed by atoms with Gasteiger partial charge in [0.05, 0.1) is 18.8 Å². The summed E-state index contributed by atoms with van der Waals surface area (Å²) in [6, 6.07) is 10.8. The van der Waals surface area contributed by atoms with Gasteiger partial charge in [-0.25, -0.2) is 9.78 Å². The van der Waals surface area contributed by atoms with E-state index in [1.165, 1.54) is 0 Å². The van der Waals surface area contributed by atoms with Gasteiger partial charge in [0.1, 0.15) is 5.65 Å². The Balaban J connectivity index is 1.45. The average Bonchev–Trinajstić information content (AvgIpc) is 3.00. The van der Waals surface area contributed by atoms with E-state index in [2.05, 4.69) is 36.9 Å². The van der Waals surface area contributed by atoms with Crippen LogP contribution in [-0.2, 0) is 11.3 Å². The number of halogens is 1. The van der Waals surface area contributed by atoms with Crippen molar-refractivity contribution in [2.75, 3.05) is 11.9 Å². The molecule has 26 heavy (non-hydrogen) atoms. The quantitative estimate of drug-likeness (QED) is 0.598. The van der Waals surface area contributed by atoms with E-state index < -0.39 is 6.03 Å². The van der Waals surface area contributed by atoms with Gasteiger partial charge < -0.3 is 20.4 Å². The number of carbonyl (C=O) groups excluding carboxylic acids is 2. The second-order valence-corrected chi connectivity index (χ2v) is 6.71. The maximum Gasteiger partial charge on any atom is 0.319 e. The van der Waals surface area contributed by atoms with Gasteiger partial charge in [0.15, 0.2) is 0 Å². The van der Waals surface area contributed by atoms with Gasteiger partial charge in [-0.15, -0.1) is 0 Å². The maximum atomic E-state index is 11.9. The highest BCUT2D eigenvalue weighted by molar-refractivity contribution is 9.10. The first-order valence-electron chi connectivity index (χ1n) is 8.01.